The minimum Gasteiger partial charge on any atom is -0.361 e. The van der Waals surface area contributed by atoms with Crippen LogP contribution in [0.1, 0.15) is 12.0 Å². The van der Waals surface area contributed by atoms with Crippen LogP contribution >= 0.6 is 0 Å². The number of anilines is 1. The Bertz CT molecular complexity index is 515. The van der Waals surface area contributed by atoms with Crippen LogP contribution in [0, 0.1) is 0 Å². The van der Waals surface area contributed by atoms with E-state index in [0.717, 1.165) is 37.0 Å². The molecule has 1 amide bonds. The topological polar surface area (TPSA) is 36.1 Å². The summed E-state index contributed by atoms with van der Waals surface area (Å²) in [4.78, 5) is 16.0. The van der Waals surface area contributed by atoms with E-state index in [1.165, 1.54) is 10.9 Å². The van der Waals surface area contributed by atoms with E-state index >= 15 is 0 Å². The number of amides is 1. The van der Waals surface area contributed by atoms with Crippen molar-refractivity contribution in [1.82, 2.24) is 4.98 Å². The Labute approximate surface area is 87.7 Å². The van der Waals surface area contributed by atoms with Crippen LogP contribution in [0.2, 0.25) is 0 Å². The number of carbonyl (C=O) groups excluding carboxylic acids is 1. The van der Waals surface area contributed by atoms with Gasteiger partial charge < -0.3 is 9.88 Å². The third-order valence-corrected chi connectivity index (χ3v) is 3.05. The van der Waals surface area contributed by atoms with Crippen molar-refractivity contribution in [2.75, 3.05) is 11.4 Å². The minimum atomic E-state index is 0.817. The first-order chi connectivity index (χ1) is 7.40. The molecule has 1 aliphatic heterocycles. The maximum atomic E-state index is 11.0. The zero-order chi connectivity index (χ0) is 10.3. The summed E-state index contributed by atoms with van der Waals surface area (Å²) >= 11 is 0. The van der Waals surface area contributed by atoms with Crippen molar-refractivity contribution in [3.8, 4) is 0 Å². The van der Waals surface area contributed by atoms with E-state index in [-0.39, 0.29) is 0 Å². The molecule has 0 radical (unpaired) electrons. The van der Waals surface area contributed by atoms with E-state index in [9.17, 15) is 4.79 Å². The minimum absolute atomic E-state index is 0.817. The number of carbonyl (C=O) groups is 1. The molecule has 2 aromatic rings. The molecule has 1 aromatic heterocycles. The Morgan fingerprint density at radius 3 is 3.20 bits per heavy atom. The van der Waals surface area contributed by atoms with Gasteiger partial charge in [0.25, 0.3) is 0 Å². The maximum absolute atomic E-state index is 11.0. The van der Waals surface area contributed by atoms with Crippen LogP contribution < -0.4 is 4.90 Å². The number of rotatable bonds is 1. The SMILES string of the molecule is O=CN1CCCc2c[nH]c3cccc1c23. The Hall–Kier alpha value is -1.77. The lowest BCUT2D eigenvalue weighted by Crippen LogP contribution is -2.21. The number of nitrogens with one attached hydrogen (secondary N) is 1. The number of aromatic nitrogens is 1. The molecule has 0 saturated heterocycles. The highest BCUT2D eigenvalue weighted by atomic mass is 16.1. The number of aryl methyl sites for hydroxylation is 1. The Kier molecular flexibility index (Phi) is 1.78. The van der Waals surface area contributed by atoms with E-state index < -0.39 is 0 Å². The van der Waals surface area contributed by atoms with Crippen LogP contribution in [-0.4, -0.2) is 17.9 Å². The fraction of sp³-hybridized carbons (Fsp3) is 0.250. The lowest BCUT2D eigenvalue weighted by atomic mass is 10.1. The van der Waals surface area contributed by atoms with Gasteiger partial charge in [-0.2, -0.15) is 0 Å². The molecular formula is C12H12N2O. The molecule has 0 bridgehead atoms. The van der Waals surface area contributed by atoms with Crippen molar-refractivity contribution in [2.45, 2.75) is 12.8 Å². The second kappa shape index (κ2) is 3.12. The summed E-state index contributed by atoms with van der Waals surface area (Å²) in [7, 11) is 0. The third kappa shape index (κ3) is 1.16. The van der Waals surface area contributed by atoms with Crippen LogP contribution in [0.4, 0.5) is 5.69 Å². The highest BCUT2D eigenvalue weighted by molar-refractivity contribution is 5.99. The molecule has 0 atom stereocenters. The second-order valence-corrected chi connectivity index (χ2v) is 3.92. The van der Waals surface area contributed by atoms with Gasteiger partial charge in [0.2, 0.25) is 6.41 Å². The number of nitrogens with zero attached hydrogens (tertiary/aromatic N) is 1. The number of hydrogen-bond acceptors (Lipinski definition) is 1. The zero-order valence-electron chi connectivity index (χ0n) is 8.36. The molecule has 1 aromatic carbocycles. The van der Waals surface area contributed by atoms with Crippen LogP contribution in [0.25, 0.3) is 10.9 Å². The van der Waals surface area contributed by atoms with Crippen molar-refractivity contribution < 1.29 is 4.79 Å². The average Bonchev–Trinajstić information content (AvgIpc) is 2.58. The number of aromatic amines is 1. The highest BCUT2D eigenvalue weighted by Crippen LogP contribution is 2.32. The molecular weight excluding hydrogens is 188 g/mol. The fourth-order valence-corrected chi connectivity index (χ4v) is 2.34. The molecule has 3 nitrogen and oxygen atoms in total. The van der Waals surface area contributed by atoms with Gasteiger partial charge in [0.15, 0.2) is 0 Å². The van der Waals surface area contributed by atoms with Crippen molar-refractivity contribution in [3.63, 3.8) is 0 Å². The van der Waals surface area contributed by atoms with Gasteiger partial charge in [-0.1, -0.05) is 6.07 Å². The van der Waals surface area contributed by atoms with Gasteiger partial charge >= 0.3 is 0 Å². The maximum Gasteiger partial charge on any atom is 0.214 e. The summed E-state index contributed by atoms with van der Waals surface area (Å²) in [6, 6.07) is 6.05. The number of hydrogen-bond donors (Lipinski definition) is 1. The van der Waals surface area contributed by atoms with E-state index in [1.54, 1.807) is 4.90 Å². The Balaban J connectivity index is 2.35. The smallest absolute Gasteiger partial charge is 0.214 e. The van der Waals surface area contributed by atoms with Crippen LogP contribution in [0.15, 0.2) is 24.4 Å². The molecule has 0 aliphatic carbocycles. The molecule has 0 fully saturated rings. The summed E-state index contributed by atoms with van der Waals surface area (Å²) in [6.45, 7) is 0.817. The predicted molar refractivity (Wildman–Crippen MR) is 60.0 cm³/mol. The molecule has 2 heterocycles. The lowest BCUT2D eigenvalue weighted by molar-refractivity contribution is -0.107. The van der Waals surface area contributed by atoms with Crippen molar-refractivity contribution >= 4 is 23.0 Å². The summed E-state index contributed by atoms with van der Waals surface area (Å²) in [5.41, 5.74) is 3.48. The van der Waals surface area contributed by atoms with Crippen LogP contribution in [0.5, 0.6) is 0 Å². The van der Waals surface area contributed by atoms with Gasteiger partial charge in [0.05, 0.1) is 5.69 Å². The van der Waals surface area contributed by atoms with Crippen LogP contribution in [-0.2, 0) is 11.2 Å². The molecule has 0 saturated carbocycles. The predicted octanol–water partition coefficient (Wildman–Crippen LogP) is 2.08. The first kappa shape index (κ1) is 8.53. The van der Waals surface area contributed by atoms with E-state index in [0.29, 0.717) is 0 Å². The molecule has 0 spiro atoms. The summed E-state index contributed by atoms with van der Waals surface area (Å²) in [6.07, 6.45) is 5.06. The van der Waals surface area contributed by atoms with Gasteiger partial charge in [0.1, 0.15) is 0 Å². The van der Waals surface area contributed by atoms with Crippen LogP contribution in [0.3, 0.4) is 0 Å². The fourth-order valence-electron chi connectivity index (χ4n) is 2.34. The van der Waals surface area contributed by atoms with E-state index in [1.807, 2.05) is 12.1 Å². The molecule has 1 aliphatic rings. The normalized spacial score (nSPS) is 15.3. The van der Waals surface area contributed by atoms with Gasteiger partial charge in [-0.05, 0) is 30.5 Å². The quantitative estimate of drug-likeness (QED) is 0.703. The lowest BCUT2D eigenvalue weighted by Gasteiger charge is -2.15. The highest BCUT2D eigenvalue weighted by Gasteiger charge is 2.16. The third-order valence-electron chi connectivity index (χ3n) is 3.05. The van der Waals surface area contributed by atoms with E-state index in [4.69, 9.17) is 0 Å². The molecule has 1 N–H and O–H groups in total. The first-order valence-corrected chi connectivity index (χ1v) is 5.21. The molecule has 3 rings (SSSR count). The largest absolute Gasteiger partial charge is 0.361 e. The molecule has 76 valence electrons. The molecule has 0 unspecified atom stereocenters. The summed E-state index contributed by atoms with van der Waals surface area (Å²) in [5, 5.41) is 1.21. The standard InChI is InChI=1S/C12H12N2O/c15-8-14-6-2-3-9-7-13-10-4-1-5-11(14)12(9)10/h1,4-5,7-8,13H,2-3,6H2. The van der Waals surface area contributed by atoms with Crippen molar-refractivity contribution in [1.29, 1.82) is 0 Å². The first-order valence-electron chi connectivity index (χ1n) is 5.21. The monoisotopic (exact) mass is 200 g/mol. The number of benzene rings is 1. The van der Waals surface area contributed by atoms with Gasteiger partial charge in [-0.15, -0.1) is 0 Å². The van der Waals surface area contributed by atoms with Gasteiger partial charge in [-0.25, -0.2) is 0 Å². The number of H-pyrrole nitrogens is 1. The summed E-state index contributed by atoms with van der Waals surface area (Å²) < 4.78 is 0. The molecule has 15 heavy (non-hydrogen) atoms. The van der Waals surface area contributed by atoms with E-state index in [2.05, 4.69) is 17.2 Å². The van der Waals surface area contributed by atoms with Crippen molar-refractivity contribution in [3.05, 3.63) is 30.0 Å². The summed E-state index contributed by atoms with van der Waals surface area (Å²) in [5.74, 6) is 0. The average molecular weight is 200 g/mol. The van der Waals surface area contributed by atoms with Gasteiger partial charge in [-0.3, -0.25) is 4.79 Å². The second-order valence-electron chi connectivity index (χ2n) is 3.92. The zero-order valence-corrected chi connectivity index (χ0v) is 8.36. The van der Waals surface area contributed by atoms with Crippen molar-refractivity contribution in [2.24, 2.45) is 0 Å². The van der Waals surface area contributed by atoms with Gasteiger partial charge in [0, 0.05) is 23.6 Å². The molecule has 3 heteroatoms. The Morgan fingerprint density at radius 1 is 1.40 bits per heavy atom. The Morgan fingerprint density at radius 2 is 2.33 bits per heavy atom.